The van der Waals surface area contributed by atoms with Crippen LogP contribution in [0.15, 0.2) is 43.0 Å². The average molecular weight is 467 g/mol. The summed E-state index contributed by atoms with van der Waals surface area (Å²) in [4.78, 5) is 10.9. The van der Waals surface area contributed by atoms with Crippen LogP contribution >= 0.6 is 0 Å². The van der Waals surface area contributed by atoms with E-state index in [4.69, 9.17) is 0 Å². The Bertz CT molecular complexity index is 1160. The van der Waals surface area contributed by atoms with E-state index in [1.165, 1.54) is 0 Å². The number of nitrogens with one attached hydrogen (secondary N) is 1. The van der Waals surface area contributed by atoms with Crippen molar-refractivity contribution in [3.8, 4) is 28.1 Å². The minimum absolute atomic E-state index is 0.0730. The van der Waals surface area contributed by atoms with Gasteiger partial charge in [0.25, 0.3) is 0 Å². The van der Waals surface area contributed by atoms with Crippen molar-refractivity contribution >= 4 is 5.82 Å². The Morgan fingerprint density at radius 3 is 2.71 bits per heavy atom. The van der Waals surface area contributed by atoms with Crippen LogP contribution in [-0.4, -0.2) is 66.9 Å². The lowest BCUT2D eigenvalue weighted by atomic mass is 9.96. The van der Waals surface area contributed by atoms with Crippen LogP contribution in [0.25, 0.3) is 22.4 Å². The monoisotopic (exact) mass is 466 g/mol. The van der Waals surface area contributed by atoms with E-state index in [1.807, 2.05) is 24.2 Å². The summed E-state index contributed by atoms with van der Waals surface area (Å²) in [5.74, 6) is 0.704. The molecule has 5 rings (SSSR count). The summed E-state index contributed by atoms with van der Waals surface area (Å²) in [6.07, 6.45) is 8.52. The molecule has 0 aliphatic carbocycles. The average Bonchev–Trinajstić information content (AvgIpc) is 3.42. The molecule has 0 saturated carbocycles. The molecule has 0 amide bonds. The zero-order valence-corrected chi connectivity index (χ0v) is 19.7. The fraction of sp³-hybridized carbons (Fsp3) is 0.480. The summed E-state index contributed by atoms with van der Waals surface area (Å²) in [6, 6.07) is 5.43. The number of rotatable bonds is 6. The molecular formula is C25H31FN6O2. The Morgan fingerprint density at radius 2 is 2.00 bits per heavy atom. The second-order valence-corrected chi connectivity index (χ2v) is 10.1. The number of halogens is 1. The molecule has 34 heavy (non-hydrogen) atoms. The number of aliphatic hydroxyl groups is 1. The van der Waals surface area contributed by atoms with Crippen LogP contribution in [0.2, 0.25) is 0 Å². The van der Waals surface area contributed by atoms with Gasteiger partial charge in [-0.3, -0.25) is 9.67 Å². The van der Waals surface area contributed by atoms with Crippen molar-refractivity contribution in [3.05, 3.63) is 43.0 Å². The van der Waals surface area contributed by atoms with E-state index >= 15 is 0 Å². The van der Waals surface area contributed by atoms with Crippen molar-refractivity contribution in [3.63, 3.8) is 0 Å². The predicted molar refractivity (Wildman–Crippen MR) is 128 cm³/mol. The summed E-state index contributed by atoms with van der Waals surface area (Å²) in [7, 11) is 1.87. The Labute approximate surface area is 198 Å². The molecule has 2 aliphatic heterocycles. The van der Waals surface area contributed by atoms with Gasteiger partial charge in [-0.05, 0) is 50.8 Å². The number of anilines is 1. The van der Waals surface area contributed by atoms with Crippen molar-refractivity contribution in [2.24, 2.45) is 0 Å². The summed E-state index contributed by atoms with van der Waals surface area (Å²) in [6.45, 7) is 3.82. The number of nitrogens with zero attached hydrogens (tertiary/aromatic N) is 5. The van der Waals surface area contributed by atoms with Gasteiger partial charge in [-0.25, -0.2) is 9.37 Å². The first-order valence-corrected chi connectivity index (χ1v) is 11.7. The fourth-order valence-electron chi connectivity index (χ4n) is 5.08. The maximum atomic E-state index is 14.9. The van der Waals surface area contributed by atoms with E-state index in [9.17, 15) is 14.6 Å². The molecule has 2 bridgehead atoms. The number of aromatic hydroxyl groups is 1. The van der Waals surface area contributed by atoms with Gasteiger partial charge >= 0.3 is 0 Å². The van der Waals surface area contributed by atoms with Crippen molar-refractivity contribution in [2.75, 3.05) is 11.9 Å². The normalized spacial score (nSPS) is 24.4. The lowest BCUT2D eigenvalue weighted by molar-refractivity contribution is 0.0577. The van der Waals surface area contributed by atoms with Gasteiger partial charge in [-0.1, -0.05) is 6.07 Å². The number of aromatic nitrogens is 4. The van der Waals surface area contributed by atoms with E-state index in [0.717, 1.165) is 30.4 Å². The number of phenolic OH excluding ortho intramolecular Hbond substituents is 1. The number of hydrogen-bond acceptors (Lipinski definition) is 7. The molecule has 2 aromatic heterocycles. The van der Waals surface area contributed by atoms with E-state index in [2.05, 4.69) is 20.4 Å². The molecule has 3 N–H and O–H groups in total. The van der Waals surface area contributed by atoms with Crippen molar-refractivity contribution in [2.45, 2.75) is 69.6 Å². The van der Waals surface area contributed by atoms with Crippen LogP contribution in [0.4, 0.5) is 10.2 Å². The predicted octanol–water partition coefficient (Wildman–Crippen LogP) is 3.15. The molecule has 0 spiro atoms. The number of fused-ring (bicyclic) bond motifs is 2. The molecule has 4 atom stereocenters. The largest absolute Gasteiger partial charge is 0.507 e. The quantitative estimate of drug-likeness (QED) is 0.513. The van der Waals surface area contributed by atoms with Crippen molar-refractivity contribution in [1.82, 2.24) is 25.1 Å². The number of alkyl halides is 1. The molecule has 4 heterocycles. The first-order chi connectivity index (χ1) is 16.2. The number of hydrogen-bond donors (Lipinski definition) is 3. The van der Waals surface area contributed by atoms with Gasteiger partial charge in [-0.15, -0.1) is 0 Å². The summed E-state index contributed by atoms with van der Waals surface area (Å²) >= 11 is 0. The standard InChI is InChI=1S/C25H31FN6O2/c1-25(2,34)14-32-13-16(10-29-32)15-4-6-18(22(33)8-15)20-11-28-23(12-27-20)31(3)21-9-17-5-7-19(30-17)24(21)26/h4,6,8,10-13,17,19,21,24,30,33-34H,5,7,9,14H2,1-3H3/t17-,19+,21-,24+/m0/s1. The minimum atomic E-state index is -0.936. The van der Waals surface area contributed by atoms with Crippen LogP contribution < -0.4 is 10.2 Å². The SMILES string of the molecule is CN(c1cnc(-c2ccc(-c3cnn(CC(C)(C)O)c3)cc2O)cn1)[C@H]1C[C@@H]2CC[C@@H](N2)[C@H]1F. The van der Waals surface area contributed by atoms with E-state index in [0.29, 0.717) is 29.7 Å². The van der Waals surface area contributed by atoms with Crippen LogP contribution in [-0.2, 0) is 6.54 Å². The van der Waals surface area contributed by atoms with Gasteiger partial charge in [0.2, 0.25) is 0 Å². The zero-order valence-electron chi connectivity index (χ0n) is 19.7. The Kier molecular flexibility index (Phi) is 5.77. The third-order valence-electron chi connectivity index (χ3n) is 6.84. The minimum Gasteiger partial charge on any atom is -0.507 e. The van der Waals surface area contributed by atoms with Crippen molar-refractivity contribution in [1.29, 1.82) is 0 Å². The van der Waals surface area contributed by atoms with Crippen LogP contribution in [0.3, 0.4) is 0 Å². The molecule has 8 nitrogen and oxygen atoms in total. The van der Waals surface area contributed by atoms with Gasteiger partial charge in [-0.2, -0.15) is 5.10 Å². The fourth-order valence-corrected chi connectivity index (χ4v) is 5.08. The summed E-state index contributed by atoms with van der Waals surface area (Å²) < 4.78 is 16.6. The molecule has 2 aliphatic rings. The Morgan fingerprint density at radius 1 is 1.18 bits per heavy atom. The van der Waals surface area contributed by atoms with Gasteiger partial charge in [0.05, 0.1) is 42.5 Å². The topological polar surface area (TPSA) is 99.3 Å². The summed E-state index contributed by atoms with van der Waals surface area (Å²) in [5, 5.41) is 28.3. The Balaban J connectivity index is 1.32. The highest BCUT2D eigenvalue weighted by atomic mass is 19.1. The lowest BCUT2D eigenvalue weighted by Gasteiger charge is -2.38. The van der Waals surface area contributed by atoms with Crippen LogP contribution in [0, 0.1) is 0 Å². The van der Waals surface area contributed by atoms with E-state index < -0.39 is 11.8 Å². The van der Waals surface area contributed by atoms with Gasteiger partial charge < -0.3 is 20.4 Å². The molecular weight excluding hydrogens is 435 g/mol. The molecule has 2 saturated heterocycles. The van der Waals surface area contributed by atoms with Gasteiger partial charge in [0.1, 0.15) is 17.7 Å². The van der Waals surface area contributed by atoms with Gasteiger partial charge in [0.15, 0.2) is 0 Å². The Hall–Kier alpha value is -3.04. The first-order valence-electron chi connectivity index (χ1n) is 11.7. The molecule has 0 radical (unpaired) electrons. The molecule has 0 unspecified atom stereocenters. The maximum Gasteiger partial charge on any atom is 0.147 e. The summed E-state index contributed by atoms with van der Waals surface area (Å²) in [5.41, 5.74) is 1.89. The second kappa shape index (κ2) is 8.63. The smallest absolute Gasteiger partial charge is 0.147 e. The molecule has 2 fully saturated rings. The van der Waals surface area contributed by atoms with Crippen molar-refractivity contribution < 1.29 is 14.6 Å². The first kappa shape index (κ1) is 22.7. The highest BCUT2D eigenvalue weighted by molar-refractivity contribution is 5.73. The van der Waals surface area contributed by atoms with Gasteiger partial charge in [0, 0.05) is 36.5 Å². The lowest BCUT2D eigenvalue weighted by Crippen LogP contribution is -2.55. The second-order valence-electron chi connectivity index (χ2n) is 10.1. The molecule has 1 aromatic carbocycles. The van der Waals surface area contributed by atoms with E-state index in [-0.39, 0.29) is 17.8 Å². The molecule has 9 heteroatoms. The van der Waals surface area contributed by atoms with Crippen LogP contribution in [0.5, 0.6) is 5.75 Å². The van der Waals surface area contributed by atoms with E-state index in [1.54, 1.807) is 49.3 Å². The molecule has 3 aromatic rings. The number of phenols is 1. The zero-order chi connectivity index (χ0) is 24.0. The third-order valence-corrected chi connectivity index (χ3v) is 6.84. The highest BCUT2D eigenvalue weighted by Crippen LogP contribution is 2.35. The number of benzene rings is 1. The maximum absolute atomic E-state index is 14.9. The number of piperidine rings is 1. The third kappa shape index (κ3) is 4.50. The van der Waals surface area contributed by atoms with Crippen LogP contribution in [0.1, 0.15) is 33.1 Å². The highest BCUT2D eigenvalue weighted by Gasteiger charge is 2.43. The molecule has 180 valence electrons.